The summed E-state index contributed by atoms with van der Waals surface area (Å²) in [5, 5.41) is 18.0. The number of rotatable bonds is 2. The molecule has 2 fully saturated rings. The summed E-state index contributed by atoms with van der Waals surface area (Å²) in [5.74, 6) is -0.749. The van der Waals surface area contributed by atoms with Crippen molar-refractivity contribution in [2.75, 3.05) is 6.61 Å². The van der Waals surface area contributed by atoms with Crippen LogP contribution in [0.15, 0.2) is 0 Å². The molecule has 0 unspecified atom stereocenters. The summed E-state index contributed by atoms with van der Waals surface area (Å²) in [6, 6.07) is -0.175. The molecule has 1 saturated carbocycles. The predicted octanol–water partition coefficient (Wildman–Crippen LogP) is 1.60. The third kappa shape index (κ3) is 2.40. The van der Waals surface area contributed by atoms with Crippen LogP contribution in [-0.2, 0) is 9.47 Å². The van der Waals surface area contributed by atoms with Crippen molar-refractivity contribution in [2.24, 2.45) is 5.92 Å². The molecule has 0 aromatic carbocycles. The molecule has 1 aliphatic heterocycles. The van der Waals surface area contributed by atoms with Crippen molar-refractivity contribution in [3.8, 4) is 0 Å². The molecule has 4 rings (SSSR count). The van der Waals surface area contributed by atoms with E-state index < -0.39 is 5.79 Å². The van der Waals surface area contributed by atoms with E-state index in [1.165, 1.54) is 0 Å². The zero-order valence-electron chi connectivity index (χ0n) is 12.5. The van der Waals surface area contributed by atoms with E-state index >= 15 is 0 Å². The van der Waals surface area contributed by atoms with Gasteiger partial charge in [-0.1, -0.05) is 16.8 Å². The van der Waals surface area contributed by atoms with Crippen molar-refractivity contribution < 1.29 is 14.6 Å². The second kappa shape index (κ2) is 5.22. The second-order valence-corrected chi connectivity index (χ2v) is 7.00. The highest BCUT2D eigenvalue weighted by atomic mass is 35.5. The van der Waals surface area contributed by atoms with Crippen molar-refractivity contribution >= 4 is 34.4 Å². The molecule has 10 heteroatoms. The third-order valence-electron chi connectivity index (χ3n) is 4.35. The van der Waals surface area contributed by atoms with Crippen LogP contribution in [0, 0.1) is 5.92 Å². The lowest BCUT2D eigenvalue weighted by atomic mass is 10.1. The van der Waals surface area contributed by atoms with Gasteiger partial charge in [0.2, 0.25) is 5.28 Å². The maximum atomic E-state index is 9.65. The molecular weight excluding hydrogens is 345 g/mol. The number of hydrogen-bond acceptors (Lipinski definition) is 7. The Morgan fingerprint density at radius 2 is 2.00 bits per heavy atom. The van der Waals surface area contributed by atoms with Crippen LogP contribution in [-0.4, -0.2) is 54.7 Å². The minimum Gasteiger partial charge on any atom is -0.396 e. The van der Waals surface area contributed by atoms with E-state index in [9.17, 15) is 5.11 Å². The molecule has 0 radical (unpaired) electrons. The van der Waals surface area contributed by atoms with Crippen LogP contribution < -0.4 is 0 Å². The normalized spacial score (nSPS) is 32.6. The number of ether oxygens (including phenoxy) is 2. The Labute approximate surface area is 141 Å². The van der Waals surface area contributed by atoms with E-state index in [0.717, 1.165) is 0 Å². The molecule has 1 N–H and O–H groups in total. The van der Waals surface area contributed by atoms with Gasteiger partial charge in [0.25, 0.3) is 0 Å². The van der Waals surface area contributed by atoms with Crippen LogP contribution in [0.5, 0.6) is 0 Å². The lowest BCUT2D eigenvalue weighted by Crippen LogP contribution is -2.28. The standard InChI is InChI=1S/C13H15Cl2N5O3/c1-13(2)22-8-5(4-21)3-6(9(8)23-13)20-11-7(18-19-20)10(14)16-12(15)17-11/h5-6,8-9,21H,3-4H2,1-2H3/t5-,6-,8-,9+/m1/s1. The van der Waals surface area contributed by atoms with E-state index in [2.05, 4.69) is 20.3 Å². The number of hydrogen-bond donors (Lipinski definition) is 1. The molecule has 0 spiro atoms. The summed E-state index contributed by atoms with van der Waals surface area (Å²) in [5.41, 5.74) is 0.837. The zero-order valence-corrected chi connectivity index (χ0v) is 14.0. The lowest BCUT2D eigenvalue weighted by molar-refractivity contribution is -0.162. The Balaban J connectivity index is 1.79. The quantitative estimate of drug-likeness (QED) is 0.642. The molecule has 1 saturated heterocycles. The smallest absolute Gasteiger partial charge is 0.225 e. The first-order valence-corrected chi connectivity index (χ1v) is 8.05. The van der Waals surface area contributed by atoms with Gasteiger partial charge in [0, 0.05) is 12.5 Å². The average Bonchev–Trinajstić information content (AvgIpc) is 3.09. The zero-order chi connectivity index (χ0) is 16.4. The molecule has 2 aromatic heterocycles. The molecule has 23 heavy (non-hydrogen) atoms. The molecular formula is C13H15Cl2N5O3. The second-order valence-electron chi connectivity index (χ2n) is 6.30. The Morgan fingerprint density at radius 1 is 1.26 bits per heavy atom. The fourth-order valence-electron chi connectivity index (χ4n) is 3.47. The van der Waals surface area contributed by atoms with Crippen molar-refractivity contribution in [2.45, 2.75) is 44.3 Å². The highest BCUT2D eigenvalue weighted by molar-refractivity contribution is 6.35. The van der Waals surface area contributed by atoms with Crippen molar-refractivity contribution in [1.29, 1.82) is 0 Å². The maximum Gasteiger partial charge on any atom is 0.225 e. The minimum absolute atomic E-state index is 0.0141. The first-order chi connectivity index (χ1) is 10.9. The first kappa shape index (κ1) is 15.5. The highest BCUT2D eigenvalue weighted by Crippen LogP contribution is 2.47. The average molecular weight is 360 g/mol. The monoisotopic (exact) mass is 359 g/mol. The van der Waals surface area contributed by atoms with Gasteiger partial charge in [-0.05, 0) is 31.9 Å². The van der Waals surface area contributed by atoms with Crippen LogP contribution in [0.1, 0.15) is 26.3 Å². The fraction of sp³-hybridized carbons (Fsp3) is 0.692. The van der Waals surface area contributed by atoms with Gasteiger partial charge in [0.15, 0.2) is 22.1 Å². The summed E-state index contributed by atoms with van der Waals surface area (Å²) in [6.45, 7) is 3.72. The third-order valence-corrected chi connectivity index (χ3v) is 4.79. The van der Waals surface area contributed by atoms with E-state index in [-0.39, 0.29) is 41.2 Å². The molecule has 124 valence electrons. The highest BCUT2D eigenvalue weighted by Gasteiger charge is 2.55. The Bertz CT molecular complexity index is 767. The number of aromatic nitrogens is 5. The van der Waals surface area contributed by atoms with E-state index in [4.69, 9.17) is 32.7 Å². The van der Waals surface area contributed by atoms with Crippen LogP contribution in [0.3, 0.4) is 0 Å². The Hall–Kier alpha value is -1.06. The van der Waals surface area contributed by atoms with Crippen LogP contribution >= 0.6 is 23.2 Å². The Kier molecular flexibility index (Phi) is 3.51. The molecule has 8 nitrogen and oxygen atoms in total. The summed E-state index contributed by atoms with van der Waals surface area (Å²) in [4.78, 5) is 8.06. The molecule has 3 heterocycles. The maximum absolute atomic E-state index is 9.65. The number of nitrogens with zero attached hydrogens (tertiary/aromatic N) is 5. The van der Waals surface area contributed by atoms with E-state index in [1.807, 2.05) is 13.8 Å². The van der Waals surface area contributed by atoms with Gasteiger partial charge in [0.05, 0.1) is 12.1 Å². The van der Waals surface area contributed by atoms with E-state index in [0.29, 0.717) is 17.6 Å². The Morgan fingerprint density at radius 3 is 2.74 bits per heavy atom. The van der Waals surface area contributed by atoms with Gasteiger partial charge in [-0.15, -0.1) is 5.10 Å². The lowest BCUT2D eigenvalue weighted by Gasteiger charge is -2.23. The van der Waals surface area contributed by atoms with Crippen molar-refractivity contribution in [1.82, 2.24) is 25.0 Å². The number of halogens is 2. The minimum atomic E-state index is -0.706. The van der Waals surface area contributed by atoms with Crippen LogP contribution in [0.4, 0.5) is 0 Å². The van der Waals surface area contributed by atoms with Gasteiger partial charge < -0.3 is 14.6 Å². The molecule has 0 amide bonds. The predicted molar refractivity (Wildman–Crippen MR) is 81.2 cm³/mol. The number of fused-ring (bicyclic) bond motifs is 2. The van der Waals surface area contributed by atoms with Crippen molar-refractivity contribution in [3.63, 3.8) is 0 Å². The topological polar surface area (TPSA) is 95.2 Å². The largest absolute Gasteiger partial charge is 0.396 e. The molecule has 2 aromatic rings. The van der Waals surface area contributed by atoms with Crippen LogP contribution in [0.2, 0.25) is 10.4 Å². The van der Waals surface area contributed by atoms with Gasteiger partial charge in [-0.25, -0.2) is 9.67 Å². The van der Waals surface area contributed by atoms with Gasteiger partial charge in [-0.3, -0.25) is 0 Å². The van der Waals surface area contributed by atoms with Crippen LogP contribution in [0.25, 0.3) is 11.2 Å². The van der Waals surface area contributed by atoms with Crippen molar-refractivity contribution in [3.05, 3.63) is 10.4 Å². The van der Waals surface area contributed by atoms with Gasteiger partial charge in [0.1, 0.15) is 6.10 Å². The molecule has 0 bridgehead atoms. The van der Waals surface area contributed by atoms with E-state index in [1.54, 1.807) is 4.68 Å². The molecule has 2 aliphatic rings. The summed E-state index contributed by atoms with van der Waals surface area (Å²) in [6.07, 6.45) is 0.186. The summed E-state index contributed by atoms with van der Waals surface area (Å²) < 4.78 is 13.6. The van der Waals surface area contributed by atoms with Gasteiger partial charge in [-0.2, -0.15) is 4.98 Å². The molecule has 1 aliphatic carbocycles. The molecule has 4 atom stereocenters. The number of aliphatic hydroxyl groups excluding tert-OH is 1. The summed E-state index contributed by atoms with van der Waals surface area (Å²) in [7, 11) is 0. The SMILES string of the molecule is CC1(C)O[C@@H]2[C@@H](CO)C[C@@H](n3nnc4c(Cl)nc(Cl)nc43)[C@@H]2O1. The number of aliphatic hydroxyl groups is 1. The first-order valence-electron chi connectivity index (χ1n) is 7.30. The summed E-state index contributed by atoms with van der Waals surface area (Å²) >= 11 is 11.9. The fourth-order valence-corrected chi connectivity index (χ4v) is 3.88. The van der Waals surface area contributed by atoms with Gasteiger partial charge >= 0.3 is 0 Å².